The van der Waals surface area contributed by atoms with Crippen LogP contribution in [0.1, 0.15) is 35.3 Å². The third kappa shape index (κ3) is 3.79. The summed E-state index contributed by atoms with van der Waals surface area (Å²) in [5.74, 6) is -0.331. The Labute approximate surface area is 172 Å². The molecule has 1 aromatic carbocycles. The van der Waals surface area contributed by atoms with Crippen molar-refractivity contribution in [3.05, 3.63) is 36.2 Å². The Morgan fingerprint density at radius 3 is 2.81 bits per heavy atom. The molecular weight excluding hydrogens is 485 g/mol. The van der Waals surface area contributed by atoms with E-state index < -0.39 is 5.92 Å². The van der Waals surface area contributed by atoms with Gasteiger partial charge in [-0.05, 0) is 59.7 Å². The first-order valence-corrected chi connectivity index (χ1v) is 10.7. The van der Waals surface area contributed by atoms with E-state index in [4.69, 9.17) is 10.1 Å². The highest BCUT2D eigenvalue weighted by Gasteiger charge is 2.39. The number of hydrogen-bond acceptors (Lipinski definition) is 8. The number of nitrogens with zero attached hydrogens (tertiary/aromatic N) is 2. The second kappa shape index (κ2) is 8.05. The van der Waals surface area contributed by atoms with Gasteiger partial charge in [-0.25, -0.2) is 0 Å². The van der Waals surface area contributed by atoms with Crippen molar-refractivity contribution >= 4 is 62.6 Å². The molecule has 0 unspecified atom stereocenters. The highest BCUT2D eigenvalue weighted by Crippen LogP contribution is 2.42. The molecule has 2 heterocycles. The number of rotatable bonds is 5. The van der Waals surface area contributed by atoms with Crippen LogP contribution in [-0.4, -0.2) is 32.7 Å². The smallest absolute Gasteiger partial charge is 0.186 e. The number of ether oxygens (including phenoxy) is 1. The molecular formula is C17H16IN3O3S2. The van der Waals surface area contributed by atoms with Crippen LogP contribution in [0.25, 0.3) is 6.08 Å². The maximum absolute atomic E-state index is 12.8. The number of benzene rings is 1. The summed E-state index contributed by atoms with van der Waals surface area (Å²) in [6.45, 7) is 4.25. The molecule has 0 aliphatic carbocycles. The summed E-state index contributed by atoms with van der Waals surface area (Å²) >= 11 is 4.55. The molecule has 0 amide bonds. The summed E-state index contributed by atoms with van der Waals surface area (Å²) in [5, 5.41) is 28.1. The minimum Gasteiger partial charge on any atom is -0.504 e. The van der Waals surface area contributed by atoms with Gasteiger partial charge in [0.25, 0.3) is 0 Å². The van der Waals surface area contributed by atoms with Crippen LogP contribution in [-0.2, 0) is 11.2 Å². The molecule has 1 saturated heterocycles. The zero-order valence-electron chi connectivity index (χ0n) is 14.1. The van der Waals surface area contributed by atoms with Crippen LogP contribution < -0.4 is 4.74 Å². The fourth-order valence-corrected chi connectivity index (χ4v) is 5.01. The van der Waals surface area contributed by atoms with Gasteiger partial charge in [-0.1, -0.05) is 18.7 Å². The van der Waals surface area contributed by atoms with Crippen LogP contribution >= 0.6 is 45.7 Å². The molecule has 9 heteroatoms. The van der Waals surface area contributed by atoms with Gasteiger partial charge >= 0.3 is 0 Å². The minimum atomic E-state index is -0.661. The fourth-order valence-electron chi connectivity index (χ4n) is 2.43. The van der Waals surface area contributed by atoms with E-state index in [0.29, 0.717) is 25.8 Å². The lowest BCUT2D eigenvalue weighted by molar-refractivity contribution is -0.114. The fraction of sp³-hybridized carbons (Fsp3) is 0.294. The van der Waals surface area contributed by atoms with E-state index in [1.54, 1.807) is 18.2 Å². The predicted molar refractivity (Wildman–Crippen MR) is 112 cm³/mol. The van der Waals surface area contributed by atoms with Crippen LogP contribution in [0.2, 0.25) is 0 Å². The number of nitrogens with one attached hydrogen (secondary N) is 1. The van der Waals surface area contributed by atoms with Gasteiger partial charge in [0.1, 0.15) is 15.9 Å². The molecule has 1 aromatic heterocycles. The van der Waals surface area contributed by atoms with Gasteiger partial charge in [-0.3, -0.25) is 10.2 Å². The quantitative estimate of drug-likeness (QED) is 0.471. The number of thioether (sulfide) groups is 1. The number of hydrogen-bond donors (Lipinski definition) is 2. The zero-order valence-corrected chi connectivity index (χ0v) is 17.9. The third-order valence-electron chi connectivity index (χ3n) is 3.67. The lowest BCUT2D eigenvalue weighted by Gasteiger charge is -2.09. The van der Waals surface area contributed by atoms with Crippen molar-refractivity contribution in [1.29, 1.82) is 5.41 Å². The summed E-state index contributed by atoms with van der Waals surface area (Å²) in [4.78, 5) is 13.3. The molecule has 6 nitrogen and oxygen atoms in total. The van der Waals surface area contributed by atoms with Crippen molar-refractivity contribution in [2.24, 2.45) is 0 Å². The van der Waals surface area contributed by atoms with E-state index >= 15 is 0 Å². The number of halogens is 1. The Morgan fingerprint density at radius 2 is 2.15 bits per heavy atom. The zero-order chi connectivity index (χ0) is 18.8. The number of aromatic nitrogens is 2. The second-order valence-electron chi connectivity index (χ2n) is 5.44. The lowest BCUT2D eigenvalue weighted by atomic mass is 10.1. The standard InChI is InChI=1S/C17H16IN3O3S2/c1-3-12-20-21-17(26-12)13-15(23)11(25-16(13)19)7-8-5-9(18)14(22)10(6-8)24-4-2/h5-7,13,19,22H,3-4H2,1-2H3/b11-7-,19-16?/t13-/m1/s1. The Morgan fingerprint density at radius 1 is 1.38 bits per heavy atom. The first-order chi connectivity index (χ1) is 12.4. The van der Waals surface area contributed by atoms with Gasteiger partial charge in [-0.15, -0.1) is 21.5 Å². The molecule has 2 aromatic rings. The molecule has 0 spiro atoms. The number of phenolic OH excluding ortho intramolecular Hbond substituents is 1. The molecule has 136 valence electrons. The van der Waals surface area contributed by atoms with Gasteiger partial charge < -0.3 is 9.84 Å². The molecule has 0 bridgehead atoms. The summed E-state index contributed by atoms with van der Waals surface area (Å²) in [5.41, 5.74) is 0.742. The van der Waals surface area contributed by atoms with Crippen molar-refractivity contribution in [3.8, 4) is 11.5 Å². The number of carbonyl (C=O) groups is 1. The summed E-state index contributed by atoms with van der Waals surface area (Å²) < 4.78 is 6.08. The van der Waals surface area contributed by atoms with Crippen LogP contribution in [0.3, 0.4) is 0 Å². The number of carbonyl (C=O) groups excluding carboxylic acids is 1. The normalized spacial score (nSPS) is 18.7. The Hall–Kier alpha value is -1.46. The first kappa shape index (κ1) is 19.3. The summed E-state index contributed by atoms with van der Waals surface area (Å²) in [7, 11) is 0. The molecule has 2 N–H and O–H groups in total. The van der Waals surface area contributed by atoms with Crippen LogP contribution in [0.4, 0.5) is 0 Å². The molecule has 1 aliphatic heterocycles. The lowest BCUT2D eigenvalue weighted by Crippen LogP contribution is -2.11. The number of ketones is 1. The van der Waals surface area contributed by atoms with E-state index in [2.05, 4.69) is 10.2 Å². The molecule has 1 fully saturated rings. The number of allylic oxidation sites excluding steroid dienone is 1. The number of aryl methyl sites for hydroxylation is 1. The Balaban J connectivity index is 1.93. The highest BCUT2D eigenvalue weighted by atomic mass is 127. The van der Waals surface area contributed by atoms with E-state index in [-0.39, 0.29) is 16.6 Å². The Bertz CT molecular complexity index is 911. The maximum Gasteiger partial charge on any atom is 0.186 e. The van der Waals surface area contributed by atoms with E-state index in [9.17, 15) is 9.90 Å². The first-order valence-electron chi connectivity index (χ1n) is 7.94. The second-order valence-corrected chi connectivity index (χ2v) is 8.78. The topological polar surface area (TPSA) is 96.2 Å². The van der Waals surface area contributed by atoms with E-state index in [0.717, 1.165) is 28.8 Å². The van der Waals surface area contributed by atoms with Gasteiger partial charge in [0.05, 0.1) is 20.1 Å². The molecule has 0 saturated carbocycles. The van der Waals surface area contributed by atoms with Crippen LogP contribution in [0.5, 0.6) is 11.5 Å². The SMILES string of the molecule is CCOc1cc(/C=C2\SC(=N)[C@H](c3nnc(CC)s3)C2=O)cc(I)c1O. The monoisotopic (exact) mass is 501 g/mol. The van der Waals surface area contributed by atoms with Crippen molar-refractivity contribution in [2.45, 2.75) is 26.2 Å². The average Bonchev–Trinajstić information content (AvgIpc) is 3.17. The number of aromatic hydroxyl groups is 1. The van der Waals surface area contributed by atoms with Gasteiger partial charge in [-0.2, -0.15) is 0 Å². The minimum absolute atomic E-state index is 0.0894. The number of Topliss-reactive ketones (excluding diaryl/α,β-unsaturated/α-hetero) is 1. The molecule has 26 heavy (non-hydrogen) atoms. The van der Waals surface area contributed by atoms with Crippen LogP contribution in [0.15, 0.2) is 17.0 Å². The molecule has 0 radical (unpaired) electrons. The highest BCUT2D eigenvalue weighted by molar-refractivity contribution is 14.1. The van der Waals surface area contributed by atoms with Crippen molar-refractivity contribution in [3.63, 3.8) is 0 Å². The molecule has 1 atom stereocenters. The number of phenols is 1. The van der Waals surface area contributed by atoms with Crippen molar-refractivity contribution in [1.82, 2.24) is 10.2 Å². The van der Waals surface area contributed by atoms with Gasteiger partial charge in [0.15, 0.2) is 17.3 Å². The maximum atomic E-state index is 12.8. The van der Waals surface area contributed by atoms with Crippen molar-refractivity contribution < 1.29 is 14.6 Å². The van der Waals surface area contributed by atoms with Gasteiger partial charge in [0, 0.05) is 0 Å². The predicted octanol–water partition coefficient (Wildman–Crippen LogP) is 4.23. The Kier molecular flexibility index (Phi) is 5.98. The third-order valence-corrected chi connectivity index (χ3v) is 6.62. The molecule has 3 rings (SSSR count). The average molecular weight is 501 g/mol. The van der Waals surface area contributed by atoms with Crippen LogP contribution in [0, 0.1) is 8.98 Å². The van der Waals surface area contributed by atoms with Gasteiger partial charge in [0.2, 0.25) is 0 Å². The van der Waals surface area contributed by atoms with E-state index in [1.807, 2.05) is 36.4 Å². The largest absolute Gasteiger partial charge is 0.504 e. The van der Waals surface area contributed by atoms with E-state index in [1.165, 1.54) is 11.3 Å². The summed E-state index contributed by atoms with van der Waals surface area (Å²) in [6, 6.07) is 3.47. The molecule has 1 aliphatic rings. The van der Waals surface area contributed by atoms with Crippen molar-refractivity contribution in [2.75, 3.05) is 6.61 Å². The summed E-state index contributed by atoms with van der Waals surface area (Å²) in [6.07, 6.45) is 2.49.